The second kappa shape index (κ2) is 9.67. The van der Waals surface area contributed by atoms with Gasteiger partial charge in [-0.2, -0.15) is 0 Å². The van der Waals surface area contributed by atoms with Gasteiger partial charge >= 0.3 is 0 Å². The van der Waals surface area contributed by atoms with E-state index in [1.165, 1.54) is 51.4 Å². The summed E-state index contributed by atoms with van der Waals surface area (Å²) in [5.41, 5.74) is 0.634. The number of allylic oxidation sites excluding steroid dienone is 2. The molecule has 18 heavy (non-hydrogen) atoms. The van der Waals surface area contributed by atoms with Crippen LogP contribution in [0.3, 0.4) is 0 Å². The van der Waals surface area contributed by atoms with Crippen LogP contribution < -0.4 is 0 Å². The topological polar surface area (TPSA) is 20.2 Å². The average Bonchev–Trinajstić information content (AvgIpc) is 2.90. The van der Waals surface area contributed by atoms with E-state index < -0.39 is 0 Å². The summed E-state index contributed by atoms with van der Waals surface area (Å²) >= 11 is 0. The Labute approximate surface area is 112 Å². The summed E-state index contributed by atoms with van der Waals surface area (Å²) in [6.07, 6.45) is 12.4. The lowest BCUT2D eigenvalue weighted by Crippen LogP contribution is -1.88. The molecule has 0 radical (unpaired) electrons. The predicted molar refractivity (Wildman–Crippen MR) is 77.1 cm³/mol. The summed E-state index contributed by atoms with van der Waals surface area (Å²) < 4.78 is 0. The van der Waals surface area contributed by atoms with Crippen molar-refractivity contribution in [1.82, 2.24) is 0 Å². The van der Waals surface area contributed by atoms with Gasteiger partial charge in [0.1, 0.15) is 11.3 Å². The van der Waals surface area contributed by atoms with Crippen LogP contribution in [0.5, 0.6) is 0 Å². The molecule has 1 rings (SSSR count). The lowest BCUT2D eigenvalue weighted by atomic mass is 10.1. The normalized spacial score (nSPS) is 11.7. The zero-order valence-electron chi connectivity index (χ0n) is 11.5. The van der Waals surface area contributed by atoms with Crippen LogP contribution in [0.25, 0.3) is 0 Å². The van der Waals surface area contributed by atoms with Crippen LogP contribution >= 0.6 is 0 Å². The third kappa shape index (κ3) is 6.41. The fourth-order valence-electron chi connectivity index (χ4n) is 2.09. The molecule has 0 spiro atoms. The zero-order valence-corrected chi connectivity index (χ0v) is 11.5. The molecule has 98 valence electrons. The van der Waals surface area contributed by atoms with Crippen molar-refractivity contribution in [2.75, 3.05) is 0 Å². The molecular formula is C17H24O. The van der Waals surface area contributed by atoms with Crippen molar-refractivity contribution < 1.29 is 5.11 Å². The van der Waals surface area contributed by atoms with Gasteiger partial charge < -0.3 is 5.11 Å². The molecule has 0 bridgehead atoms. The van der Waals surface area contributed by atoms with E-state index in [1.807, 2.05) is 0 Å². The Morgan fingerprint density at radius 2 is 1.33 bits per heavy atom. The Kier molecular flexibility index (Phi) is 7.90. The van der Waals surface area contributed by atoms with E-state index in [2.05, 4.69) is 30.6 Å². The molecule has 0 heterocycles. The van der Waals surface area contributed by atoms with E-state index in [0.29, 0.717) is 11.3 Å². The highest BCUT2D eigenvalue weighted by Gasteiger charge is 2.02. The number of unbranched alkanes of at least 4 members (excludes halogenated alkanes) is 8. The molecule has 0 fully saturated rings. The fraction of sp³-hybridized carbons (Fsp3) is 0.647. The van der Waals surface area contributed by atoms with Gasteiger partial charge in [-0.25, -0.2) is 0 Å². The summed E-state index contributed by atoms with van der Waals surface area (Å²) in [5, 5.41) is 9.72. The third-order valence-electron chi connectivity index (χ3n) is 3.24. The first-order valence-electron chi connectivity index (χ1n) is 7.28. The van der Waals surface area contributed by atoms with Crippen LogP contribution in [-0.2, 0) is 0 Å². The molecule has 1 N–H and O–H groups in total. The van der Waals surface area contributed by atoms with Gasteiger partial charge in [0.15, 0.2) is 0 Å². The fourth-order valence-corrected chi connectivity index (χ4v) is 2.09. The van der Waals surface area contributed by atoms with Crippen LogP contribution in [0, 0.1) is 23.7 Å². The minimum atomic E-state index is 0.385. The molecule has 0 saturated heterocycles. The van der Waals surface area contributed by atoms with E-state index in [1.54, 1.807) is 0 Å². The van der Waals surface area contributed by atoms with Crippen LogP contribution in [0.1, 0.15) is 71.1 Å². The molecule has 0 aromatic carbocycles. The van der Waals surface area contributed by atoms with E-state index >= 15 is 0 Å². The molecule has 0 atom stereocenters. The van der Waals surface area contributed by atoms with Gasteiger partial charge in [-0.1, -0.05) is 58.3 Å². The average molecular weight is 244 g/mol. The van der Waals surface area contributed by atoms with Crippen LogP contribution in [0.15, 0.2) is 11.3 Å². The highest BCUT2D eigenvalue weighted by molar-refractivity contribution is 5.56. The maximum Gasteiger partial charge on any atom is 0.116 e. The Morgan fingerprint density at radius 1 is 0.833 bits per heavy atom. The summed E-state index contributed by atoms with van der Waals surface area (Å²) in [5.74, 6) is 11.3. The van der Waals surface area contributed by atoms with Gasteiger partial charge in [0.25, 0.3) is 0 Å². The second-order valence-corrected chi connectivity index (χ2v) is 4.90. The number of aliphatic hydroxyl groups excluding tert-OH is 1. The molecule has 0 unspecified atom stereocenters. The molecule has 0 aromatic rings. The molecule has 1 nitrogen and oxygen atoms in total. The van der Waals surface area contributed by atoms with Crippen molar-refractivity contribution in [2.24, 2.45) is 0 Å². The molecule has 0 amide bonds. The Balaban J connectivity index is 1.92. The van der Waals surface area contributed by atoms with E-state index in [-0.39, 0.29) is 0 Å². The molecule has 1 aliphatic rings. The predicted octanol–water partition coefficient (Wildman–Crippen LogP) is 4.74. The first-order chi connectivity index (χ1) is 8.84. The molecule has 0 saturated carbocycles. The number of aliphatic hydroxyl groups is 1. The van der Waals surface area contributed by atoms with E-state index in [9.17, 15) is 5.11 Å². The standard InChI is InChI=1S/C17H24O/c1-2-3-4-5-6-7-8-9-10-15-17(18)16-13-11-12-14-16/h18H,2-10,15H2,1H3. The van der Waals surface area contributed by atoms with Crippen molar-refractivity contribution in [1.29, 1.82) is 0 Å². The maximum absolute atomic E-state index is 9.72. The lowest BCUT2D eigenvalue weighted by molar-refractivity contribution is 0.378. The highest BCUT2D eigenvalue weighted by Crippen LogP contribution is 2.14. The first kappa shape index (κ1) is 14.7. The van der Waals surface area contributed by atoms with Crippen LogP contribution in [0.4, 0.5) is 0 Å². The lowest BCUT2D eigenvalue weighted by Gasteiger charge is -2.02. The monoisotopic (exact) mass is 244 g/mol. The maximum atomic E-state index is 9.72. The van der Waals surface area contributed by atoms with E-state index in [0.717, 1.165) is 12.8 Å². The van der Waals surface area contributed by atoms with Crippen molar-refractivity contribution in [2.45, 2.75) is 71.1 Å². The first-order valence-corrected chi connectivity index (χ1v) is 7.28. The summed E-state index contributed by atoms with van der Waals surface area (Å²) in [6.45, 7) is 2.25. The molecule has 0 aliphatic heterocycles. The van der Waals surface area contributed by atoms with Crippen molar-refractivity contribution >= 4 is 0 Å². The minimum Gasteiger partial charge on any atom is -0.510 e. The molecule has 0 aromatic heterocycles. The van der Waals surface area contributed by atoms with Gasteiger partial charge in [0.2, 0.25) is 0 Å². The van der Waals surface area contributed by atoms with Crippen molar-refractivity contribution in [3.63, 3.8) is 0 Å². The second-order valence-electron chi connectivity index (χ2n) is 4.90. The summed E-state index contributed by atoms with van der Waals surface area (Å²) in [7, 11) is 0. The van der Waals surface area contributed by atoms with E-state index in [4.69, 9.17) is 0 Å². The number of rotatable bonds is 10. The molecular weight excluding hydrogens is 220 g/mol. The molecule has 1 aliphatic carbocycles. The smallest absolute Gasteiger partial charge is 0.116 e. The summed E-state index contributed by atoms with van der Waals surface area (Å²) in [6, 6.07) is 0. The Morgan fingerprint density at radius 3 is 1.89 bits per heavy atom. The Bertz CT molecular complexity index is 359. The number of hydrogen-bond donors (Lipinski definition) is 1. The third-order valence-corrected chi connectivity index (χ3v) is 3.24. The van der Waals surface area contributed by atoms with Gasteiger partial charge in [-0.3, -0.25) is 0 Å². The van der Waals surface area contributed by atoms with Crippen molar-refractivity contribution in [3.8, 4) is 23.7 Å². The van der Waals surface area contributed by atoms with Gasteiger partial charge in [0.05, 0.1) is 0 Å². The zero-order chi connectivity index (χ0) is 13.1. The largest absolute Gasteiger partial charge is 0.510 e. The van der Waals surface area contributed by atoms with Crippen LogP contribution in [-0.4, -0.2) is 5.11 Å². The quantitative estimate of drug-likeness (QED) is 0.334. The number of hydrogen-bond acceptors (Lipinski definition) is 1. The Hall–Kier alpha value is -1.34. The van der Waals surface area contributed by atoms with Crippen molar-refractivity contribution in [3.05, 3.63) is 11.3 Å². The van der Waals surface area contributed by atoms with Gasteiger partial charge in [0, 0.05) is 6.42 Å². The van der Waals surface area contributed by atoms with Crippen LogP contribution in [0.2, 0.25) is 0 Å². The van der Waals surface area contributed by atoms with Gasteiger partial charge in [-0.15, -0.1) is 0 Å². The SMILES string of the molecule is CCCCCCCCCCCC(O)=C1C#CC#C1. The summed E-state index contributed by atoms with van der Waals surface area (Å²) in [4.78, 5) is 0. The van der Waals surface area contributed by atoms with Gasteiger partial charge in [-0.05, 0) is 30.1 Å². The highest BCUT2D eigenvalue weighted by atomic mass is 16.3. The minimum absolute atomic E-state index is 0.385. The molecule has 1 heteroatoms.